The van der Waals surface area contributed by atoms with Crippen LogP contribution >= 0.6 is 11.6 Å². The standard InChI is InChI=1S/C15H12ClFN2O2/c1-19-11-6-5-8(7-12(11)21-15(19)20)14(18)9-3-2-4-10(16)13(9)17/h2-7,14H,18H2,1H3. The van der Waals surface area contributed by atoms with E-state index in [2.05, 4.69) is 0 Å². The summed E-state index contributed by atoms with van der Waals surface area (Å²) in [5.41, 5.74) is 8.10. The minimum Gasteiger partial charge on any atom is -0.408 e. The predicted octanol–water partition coefficient (Wildman–Crippen LogP) is 2.97. The fourth-order valence-corrected chi connectivity index (χ4v) is 2.47. The molecule has 4 nitrogen and oxygen atoms in total. The van der Waals surface area contributed by atoms with E-state index in [1.807, 2.05) is 0 Å². The highest BCUT2D eigenvalue weighted by atomic mass is 35.5. The Morgan fingerprint density at radius 1 is 1.33 bits per heavy atom. The molecule has 0 amide bonds. The maximum Gasteiger partial charge on any atom is 0.419 e. The molecule has 0 saturated carbocycles. The number of halogens is 2. The highest BCUT2D eigenvalue weighted by molar-refractivity contribution is 6.30. The van der Waals surface area contributed by atoms with Gasteiger partial charge >= 0.3 is 5.76 Å². The molecule has 0 bridgehead atoms. The van der Waals surface area contributed by atoms with Gasteiger partial charge in [0.1, 0.15) is 5.82 Å². The van der Waals surface area contributed by atoms with Crippen LogP contribution in [-0.2, 0) is 7.05 Å². The van der Waals surface area contributed by atoms with Crippen LogP contribution < -0.4 is 11.5 Å². The first kappa shape index (κ1) is 13.9. The summed E-state index contributed by atoms with van der Waals surface area (Å²) in [6, 6.07) is 9.09. The summed E-state index contributed by atoms with van der Waals surface area (Å²) in [5.74, 6) is -0.995. The van der Waals surface area contributed by atoms with Crippen molar-refractivity contribution in [1.29, 1.82) is 0 Å². The molecule has 0 radical (unpaired) electrons. The molecule has 0 fully saturated rings. The van der Waals surface area contributed by atoms with Crippen molar-refractivity contribution in [3.8, 4) is 0 Å². The summed E-state index contributed by atoms with van der Waals surface area (Å²) in [4.78, 5) is 11.5. The van der Waals surface area contributed by atoms with Gasteiger partial charge in [-0.05, 0) is 23.8 Å². The number of rotatable bonds is 2. The fourth-order valence-electron chi connectivity index (χ4n) is 2.28. The quantitative estimate of drug-likeness (QED) is 0.792. The van der Waals surface area contributed by atoms with Crippen LogP contribution in [0.1, 0.15) is 17.2 Å². The van der Waals surface area contributed by atoms with Gasteiger partial charge in [-0.3, -0.25) is 4.57 Å². The van der Waals surface area contributed by atoms with Gasteiger partial charge < -0.3 is 10.2 Å². The van der Waals surface area contributed by atoms with Crippen molar-refractivity contribution in [3.63, 3.8) is 0 Å². The predicted molar refractivity (Wildman–Crippen MR) is 78.9 cm³/mol. The zero-order valence-corrected chi connectivity index (χ0v) is 11.9. The Balaban J connectivity index is 2.11. The molecule has 1 aromatic heterocycles. The van der Waals surface area contributed by atoms with Crippen LogP contribution in [0.4, 0.5) is 4.39 Å². The first-order chi connectivity index (χ1) is 9.99. The molecule has 0 spiro atoms. The molecule has 1 unspecified atom stereocenters. The second-order valence-corrected chi connectivity index (χ2v) is 5.18. The Kier molecular flexibility index (Phi) is 3.31. The molecule has 2 N–H and O–H groups in total. The normalized spacial score (nSPS) is 12.8. The Morgan fingerprint density at radius 3 is 2.86 bits per heavy atom. The number of nitrogens with zero attached hydrogens (tertiary/aromatic N) is 1. The Hall–Kier alpha value is -2.11. The number of fused-ring (bicyclic) bond motifs is 1. The topological polar surface area (TPSA) is 61.2 Å². The highest BCUT2D eigenvalue weighted by Crippen LogP contribution is 2.28. The third kappa shape index (κ3) is 2.24. The smallest absolute Gasteiger partial charge is 0.408 e. The summed E-state index contributed by atoms with van der Waals surface area (Å²) >= 11 is 5.77. The monoisotopic (exact) mass is 306 g/mol. The van der Waals surface area contributed by atoms with E-state index in [0.717, 1.165) is 0 Å². The van der Waals surface area contributed by atoms with Crippen molar-refractivity contribution >= 4 is 22.7 Å². The summed E-state index contributed by atoms with van der Waals surface area (Å²) in [6.07, 6.45) is 0. The third-order valence-electron chi connectivity index (χ3n) is 3.49. The van der Waals surface area contributed by atoms with Gasteiger partial charge in [-0.2, -0.15) is 0 Å². The zero-order chi connectivity index (χ0) is 15.1. The van der Waals surface area contributed by atoms with Crippen LogP contribution in [0.5, 0.6) is 0 Å². The number of hydrogen-bond donors (Lipinski definition) is 1. The summed E-state index contributed by atoms with van der Waals surface area (Å²) in [7, 11) is 1.62. The highest BCUT2D eigenvalue weighted by Gasteiger charge is 2.17. The number of aromatic nitrogens is 1. The van der Waals surface area contributed by atoms with Crippen molar-refractivity contribution in [3.05, 3.63) is 68.9 Å². The van der Waals surface area contributed by atoms with E-state index in [-0.39, 0.29) is 5.02 Å². The summed E-state index contributed by atoms with van der Waals surface area (Å²) < 4.78 is 20.5. The minimum atomic E-state index is -0.696. The van der Waals surface area contributed by atoms with Gasteiger partial charge in [0.2, 0.25) is 0 Å². The van der Waals surface area contributed by atoms with Crippen LogP contribution in [-0.4, -0.2) is 4.57 Å². The van der Waals surface area contributed by atoms with Gasteiger partial charge in [-0.15, -0.1) is 0 Å². The lowest BCUT2D eigenvalue weighted by Crippen LogP contribution is -2.13. The molecule has 0 aliphatic carbocycles. The van der Waals surface area contributed by atoms with E-state index in [1.54, 1.807) is 37.4 Å². The van der Waals surface area contributed by atoms with E-state index < -0.39 is 17.6 Å². The van der Waals surface area contributed by atoms with Crippen LogP contribution in [0.2, 0.25) is 5.02 Å². The number of oxazole rings is 1. The Morgan fingerprint density at radius 2 is 2.10 bits per heavy atom. The number of aryl methyl sites for hydroxylation is 1. The van der Waals surface area contributed by atoms with Crippen molar-refractivity contribution in [2.24, 2.45) is 12.8 Å². The minimum absolute atomic E-state index is 0.0234. The lowest BCUT2D eigenvalue weighted by atomic mass is 9.99. The molecule has 0 aliphatic heterocycles. The Bertz CT molecular complexity index is 885. The van der Waals surface area contributed by atoms with Crippen molar-refractivity contribution in [2.45, 2.75) is 6.04 Å². The molecule has 108 valence electrons. The molecular formula is C15H12ClFN2O2. The van der Waals surface area contributed by atoms with Crippen LogP contribution in [0.15, 0.2) is 45.6 Å². The third-order valence-corrected chi connectivity index (χ3v) is 3.78. The largest absolute Gasteiger partial charge is 0.419 e. The van der Waals surface area contributed by atoms with E-state index in [1.165, 1.54) is 10.6 Å². The molecule has 1 atom stereocenters. The molecule has 3 rings (SSSR count). The van der Waals surface area contributed by atoms with E-state index in [4.69, 9.17) is 21.8 Å². The molecule has 21 heavy (non-hydrogen) atoms. The molecule has 0 saturated heterocycles. The lowest BCUT2D eigenvalue weighted by Gasteiger charge is -2.14. The van der Waals surface area contributed by atoms with Gasteiger partial charge in [0.15, 0.2) is 5.58 Å². The molecule has 6 heteroatoms. The van der Waals surface area contributed by atoms with Gasteiger partial charge in [0, 0.05) is 12.6 Å². The maximum atomic E-state index is 14.0. The lowest BCUT2D eigenvalue weighted by molar-refractivity contribution is 0.527. The molecule has 0 aliphatic rings. The first-order valence-corrected chi connectivity index (χ1v) is 6.66. The van der Waals surface area contributed by atoms with Gasteiger partial charge in [0.25, 0.3) is 0 Å². The van der Waals surface area contributed by atoms with Crippen molar-refractivity contribution in [1.82, 2.24) is 4.57 Å². The SMILES string of the molecule is Cn1c(=O)oc2cc(C(N)c3cccc(Cl)c3F)ccc21. The summed E-state index contributed by atoms with van der Waals surface area (Å²) in [5, 5.41) is 0.0234. The average Bonchev–Trinajstić information content (AvgIpc) is 2.76. The van der Waals surface area contributed by atoms with Crippen LogP contribution in [0.25, 0.3) is 11.1 Å². The van der Waals surface area contributed by atoms with Crippen molar-refractivity contribution in [2.75, 3.05) is 0 Å². The molecule has 1 heterocycles. The zero-order valence-electron chi connectivity index (χ0n) is 11.1. The van der Waals surface area contributed by atoms with Crippen molar-refractivity contribution < 1.29 is 8.81 Å². The van der Waals surface area contributed by atoms with E-state index in [0.29, 0.717) is 22.2 Å². The second-order valence-electron chi connectivity index (χ2n) is 4.77. The Labute approximate surface area is 124 Å². The molecular weight excluding hydrogens is 295 g/mol. The van der Waals surface area contributed by atoms with Gasteiger partial charge in [0.05, 0.1) is 16.6 Å². The van der Waals surface area contributed by atoms with Gasteiger partial charge in [-0.1, -0.05) is 29.8 Å². The number of hydrogen-bond acceptors (Lipinski definition) is 3. The maximum absolute atomic E-state index is 14.0. The number of nitrogens with two attached hydrogens (primary N) is 1. The summed E-state index contributed by atoms with van der Waals surface area (Å²) in [6.45, 7) is 0. The number of benzene rings is 2. The molecule has 3 aromatic rings. The van der Waals surface area contributed by atoms with Crippen LogP contribution in [0.3, 0.4) is 0 Å². The van der Waals surface area contributed by atoms with Crippen LogP contribution in [0, 0.1) is 5.82 Å². The second kappa shape index (κ2) is 5.02. The fraction of sp³-hybridized carbons (Fsp3) is 0.133. The van der Waals surface area contributed by atoms with E-state index in [9.17, 15) is 9.18 Å². The first-order valence-electron chi connectivity index (χ1n) is 6.28. The average molecular weight is 307 g/mol. The molecule has 2 aromatic carbocycles. The van der Waals surface area contributed by atoms with Gasteiger partial charge in [-0.25, -0.2) is 9.18 Å². The van der Waals surface area contributed by atoms with E-state index >= 15 is 0 Å².